The quantitative estimate of drug-likeness (QED) is 0.317. The monoisotopic (exact) mass is 565 g/mol. The van der Waals surface area contributed by atoms with Crippen molar-refractivity contribution in [1.82, 2.24) is 10.2 Å². The third kappa shape index (κ3) is 7.63. The highest BCUT2D eigenvalue weighted by molar-refractivity contribution is 7.92. The fraction of sp³-hybridized carbons (Fsp3) is 0.355. The Morgan fingerprint density at radius 1 is 0.900 bits per heavy atom. The molecule has 0 heterocycles. The van der Waals surface area contributed by atoms with Crippen LogP contribution in [0.25, 0.3) is 0 Å². The van der Waals surface area contributed by atoms with Gasteiger partial charge in [0.05, 0.1) is 17.7 Å². The zero-order chi connectivity index (χ0) is 29.3. The first-order valence-corrected chi connectivity index (χ1v) is 14.9. The number of carbonyl (C=O) groups excluding carboxylic acids is 2. The van der Waals surface area contributed by atoms with Crippen LogP contribution in [-0.4, -0.2) is 50.9 Å². The van der Waals surface area contributed by atoms with E-state index in [4.69, 9.17) is 4.74 Å². The number of amides is 2. The molecule has 2 atom stereocenters. The topological polar surface area (TPSA) is 96.0 Å². The van der Waals surface area contributed by atoms with E-state index in [1.165, 1.54) is 24.1 Å². The minimum Gasteiger partial charge on any atom is -0.497 e. The summed E-state index contributed by atoms with van der Waals surface area (Å²) in [5, 5.41) is 2.98. The maximum Gasteiger partial charge on any atom is 0.264 e. The second kappa shape index (κ2) is 14.0. The van der Waals surface area contributed by atoms with Crippen LogP contribution in [0, 0.1) is 6.92 Å². The van der Waals surface area contributed by atoms with Crippen molar-refractivity contribution in [3.05, 3.63) is 90.0 Å². The zero-order valence-electron chi connectivity index (χ0n) is 23.8. The minimum absolute atomic E-state index is 0.0621. The molecule has 1 N–H and O–H groups in total. The van der Waals surface area contributed by atoms with Gasteiger partial charge in [0, 0.05) is 12.6 Å². The summed E-state index contributed by atoms with van der Waals surface area (Å²) >= 11 is 0. The average Bonchev–Trinajstić information content (AvgIpc) is 2.96. The molecule has 3 aromatic carbocycles. The molecule has 0 aromatic heterocycles. The SMILES string of the molecule is CC[C@@H](C)NC(=O)[C@@H](CC)N(Cc1ccccc1)C(=O)CN(c1ccc(OC)cc1)S(=O)(=O)c1ccc(C)cc1. The van der Waals surface area contributed by atoms with E-state index in [9.17, 15) is 18.0 Å². The number of ether oxygens (including phenoxy) is 1. The molecule has 0 radical (unpaired) electrons. The van der Waals surface area contributed by atoms with E-state index >= 15 is 0 Å². The highest BCUT2D eigenvalue weighted by Gasteiger charge is 2.34. The average molecular weight is 566 g/mol. The molecule has 0 spiro atoms. The zero-order valence-corrected chi connectivity index (χ0v) is 24.6. The van der Waals surface area contributed by atoms with Crippen molar-refractivity contribution in [1.29, 1.82) is 0 Å². The Morgan fingerprint density at radius 3 is 2.08 bits per heavy atom. The summed E-state index contributed by atoms with van der Waals surface area (Å²) in [5.74, 6) is -0.193. The summed E-state index contributed by atoms with van der Waals surface area (Å²) in [4.78, 5) is 28.9. The lowest BCUT2D eigenvalue weighted by Crippen LogP contribution is -2.53. The molecule has 3 aromatic rings. The molecule has 2 amide bonds. The number of carbonyl (C=O) groups is 2. The normalized spacial score (nSPS) is 12.7. The Balaban J connectivity index is 2.04. The van der Waals surface area contributed by atoms with Crippen molar-refractivity contribution in [3.8, 4) is 5.75 Å². The van der Waals surface area contributed by atoms with Crippen molar-refractivity contribution in [2.24, 2.45) is 0 Å². The van der Waals surface area contributed by atoms with Crippen molar-refractivity contribution < 1.29 is 22.7 Å². The number of methoxy groups -OCH3 is 1. The molecule has 214 valence electrons. The van der Waals surface area contributed by atoms with Gasteiger partial charge in [0.15, 0.2) is 0 Å². The van der Waals surface area contributed by atoms with Crippen LogP contribution in [-0.2, 0) is 26.2 Å². The maximum absolute atomic E-state index is 14.1. The smallest absolute Gasteiger partial charge is 0.264 e. The first kappa shape index (κ1) is 30.7. The number of rotatable bonds is 13. The van der Waals surface area contributed by atoms with E-state index in [0.29, 0.717) is 17.9 Å². The van der Waals surface area contributed by atoms with Gasteiger partial charge in [-0.1, -0.05) is 61.9 Å². The number of nitrogens with one attached hydrogen (secondary N) is 1. The Labute approximate surface area is 238 Å². The molecular formula is C31H39N3O5S. The number of anilines is 1. The highest BCUT2D eigenvalue weighted by Crippen LogP contribution is 2.27. The number of hydrogen-bond acceptors (Lipinski definition) is 5. The second-order valence-electron chi connectivity index (χ2n) is 9.77. The third-order valence-electron chi connectivity index (χ3n) is 6.83. The van der Waals surface area contributed by atoms with Gasteiger partial charge in [-0.15, -0.1) is 0 Å². The predicted molar refractivity (Wildman–Crippen MR) is 158 cm³/mol. The molecule has 0 saturated heterocycles. The van der Waals surface area contributed by atoms with Crippen LogP contribution >= 0.6 is 0 Å². The Morgan fingerprint density at radius 2 is 1.52 bits per heavy atom. The molecule has 0 aliphatic heterocycles. The van der Waals surface area contributed by atoms with Gasteiger partial charge in [0.2, 0.25) is 11.8 Å². The van der Waals surface area contributed by atoms with Crippen LogP contribution in [0.5, 0.6) is 5.75 Å². The lowest BCUT2D eigenvalue weighted by molar-refractivity contribution is -0.140. The van der Waals surface area contributed by atoms with E-state index in [0.717, 1.165) is 21.9 Å². The molecule has 0 saturated carbocycles. The Bertz CT molecular complexity index is 1360. The van der Waals surface area contributed by atoms with Gasteiger partial charge in [-0.25, -0.2) is 8.42 Å². The molecule has 0 bridgehead atoms. The first-order chi connectivity index (χ1) is 19.1. The predicted octanol–water partition coefficient (Wildman–Crippen LogP) is 4.92. The molecule has 3 rings (SSSR count). The minimum atomic E-state index is -4.12. The van der Waals surface area contributed by atoms with Crippen LogP contribution in [0.4, 0.5) is 5.69 Å². The standard InChI is InChI=1S/C31H39N3O5S/c1-6-24(4)32-31(36)29(7-2)33(21-25-11-9-8-10-12-25)30(35)22-34(26-15-17-27(39-5)18-16-26)40(37,38)28-19-13-23(3)14-20-28/h8-20,24,29H,6-7,21-22H2,1-5H3,(H,32,36)/t24-,29-/m1/s1. The molecule has 8 nitrogen and oxygen atoms in total. The molecule has 0 unspecified atom stereocenters. The van der Waals surface area contributed by atoms with E-state index in [1.807, 2.05) is 58.0 Å². The van der Waals surface area contributed by atoms with Crippen molar-refractivity contribution in [2.45, 2.75) is 64.1 Å². The number of aryl methyl sites for hydroxylation is 1. The summed E-state index contributed by atoms with van der Waals surface area (Å²) in [5.41, 5.74) is 2.06. The molecule has 0 aliphatic carbocycles. The van der Waals surface area contributed by atoms with Crippen molar-refractivity contribution in [2.75, 3.05) is 18.0 Å². The van der Waals surface area contributed by atoms with Crippen LogP contribution < -0.4 is 14.4 Å². The number of hydrogen-bond donors (Lipinski definition) is 1. The van der Waals surface area contributed by atoms with Gasteiger partial charge in [-0.05, 0) is 68.7 Å². The maximum atomic E-state index is 14.1. The molecule has 40 heavy (non-hydrogen) atoms. The van der Waals surface area contributed by atoms with E-state index < -0.39 is 28.5 Å². The van der Waals surface area contributed by atoms with Gasteiger partial charge in [-0.3, -0.25) is 13.9 Å². The van der Waals surface area contributed by atoms with Crippen LogP contribution in [0.1, 0.15) is 44.7 Å². The fourth-order valence-corrected chi connectivity index (χ4v) is 5.67. The number of nitrogens with zero attached hydrogens (tertiary/aromatic N) is 2. The lowest BCUT2D eigenvalue weighted by atomic mass is 10.1. The third-order valence-corrected chi connectivity index (χ3v) is 8.62. The van der Waals surface area contributed by atoms with E-state index in [1.54, 1.807) is 36.4 Å². The summed E-state index contributed by atoms with van der Waals surface area (Å²) in [6.07, 6.45) is 1.11. The summed E-state index contributed by atoms with van der Waals surface area (Å²) < 4.78 is 34.2. The molecular weight excluding hydrogens is 526 g/mol. The summed E-state index contributed by atoms with van der Waals surface area (Å²) in [6.45, 7) is 7.28. The van der Waals surface area contributed by atoms with Gasteiger partial charge >= 0.3 is 0 Å². The van der Waals surface area contributed by atoms with Crippen LogP contribution in [0.15, 0.2) is 83.8 Å². The Kier molecular flexibility index (Phi) is 10.7. The molecule has 0 fully saturated rings. The van der Waals surface area contributed by atoms with Crippen molar-refractivity contribution >= 4 is 27.5 Å². The molecule has 0 aliphatic rings. The number of sulfonamides is 1. The number of benzene rings is 3. The van der Waals surface area contributed by atoms with E-state index in [-0.39, 0.29) is 23.4 Å². The van der Waals surface area contributed by atoms with E-state index in [2.05, 4.69) is 5.32 Å². The molecule has 9 heteroatoms. The second-order valence-corrected chi connectivity index (χ2v) is 11.6. The first-order valence-electron chi connectivity index (χ1n) is 13.5. The highest BCUT2D eigenvalue weighted by atomic mass is 32.2. The van der Waals surface area contributed by atoms with Crippen molar-refractivity contribution in [3.63, 3.8) is 0 Å². The van der Waals surface area contributed by atoms with Crippen LogP contribution in [0.2, 0.25) is 0 Å². The largest absolute Gasteiger partial charge is 0.497 e. The fourth-order valence-electron chi connectivity index (χ4n) is 4.26. The summed E-state index contributed by atoms with van der Waals surface area (Å²) in [7, 11) is -2.60. The Hall–Kier alpha value is -3.85. The van der Waals surface area contributed by atoms with Crippen LogP contribution in [0.3, 0.4) is 0 Å². The van der Waals surface area contributed by atoms with Gasteiger partial charge in [0.1, 0.15) is 18.3 Å². The van der Waals surface area contributed by atoms with Gasteiger partial charge in [0.25, 0.3) is 10.0 Å². The summed E-state index contributed by atoms with van der Waals surface area (Å²) in [6, 6.07) is 21.5. The van der Waals surface area contributed by atoms with Gasteiger partial charge < -0.3 is 15.0 Å². The lowest BCUT2D eigenvalue weighted by Gasteiger charge is -2.33. The van der Waals surface area contributed by atoms with Gasteiger partial charge in [-0.2, -0.15) is 0 Å².